The third-order valence-corrected chi connectivity index (χ3v) is 11.4. The summed E-state index contributed by atoms with van der Waals surface area (Å²) in [6.07, 6.45) is 5.09. The number of benzene rings is 7. The molecule has 0 aliphatic carbocycles. The summed E-state index contributed by atoms with van der Waals surface area (Å²) < 4.78 is 0. The molecular weight excluding hydrogens is 598 g/mol. The highest BCUT2D eigenvalue weighted by atomic mass is 14.3. The van der Waals surface area contributed by atoms with Gasteiger partial charge in [-0.15, -0.1) is 0 Å². The lowest BCUT2D eigenvalue weighted by Crippen LogP contribution is -2.49. The van der Waals surface area contributed by atoms with Crippen LogP contribution in [0, 0.1) is 41.5 Å². The van der Waals surface area contributed by atoms with E-state index in [-0.39, 0.29) is 13.4 Å². The summed E-state index contributed by atoms with van der Waals surface area (Å²) in [7, 11) is 0. The topological polar surface area (TPSA) is 0 Å². The van der Waals surface area contributed by atoms with Gasteiger partial charge in [-0.3, -0.25) is 0 Å². The molecule has 0 unspecified atom stereocenters. The molecule has 50 heavy (non-hydrogen) atoms. The number of hydrogen-bond acceptors (Lipinski definition) is 0. The normalized spacial score (nSPS) is 13.6. The van der Waals surface area contributed by atoms with E-state index >= 15 is 0 Å². The van der Waals surface area contributed by atoms with Crippen LogP contribution in [0.3, 0.4) is 0 Å². The van der Waals surface area contributed by atoms with Gasteiger partial charge in [-0.1, -0.05) is 200 Å². The molecule has 2 heteroatoms. The van der Waals surface area contributed by atoms with Gasteiger partial charge in [-0.05, 0) is 85.3 Å². The van der Waals surface area contributed by atoms with Gasteiger partial charge in [-0.2, -0.15) is 0 Å². The molecule has 9 rings (SSSR count). The van der Waals surface area contributed by atoms with Crippen molar-refractivity contribution in [1.29, 1.82) is 0 Å². The maximum Gasteiger partial charge on any atom is 0.243 e. The predicted octanol–water partition coefficient (Wildman–Crippen LogP) is 9.25. The first-order valence-corrected chi connectivity index (χ1v) is 18.0. The van der Waals surface area contributed by atoms with Crippen LogP contribution in [0.15, 0.2) is 121 Å². The lowest BCUT2D eigenvalue weighted by atomic mass is 9.31. The van der Waals surface area contributed by atoms with E-state index in [1.165, 1.54) is 110 Å². The Kier molecular flexibility index (Phi) is 7.15. The molecule has 0 atom stereocenters. The highest BCUT2D eigenvalue weighted by Gasteiger charge is 2.37. The fourth-order valence-corrected chi connectivity index (χ4v) is 9.73. The quantitative estimate of drug-likeness (QED) is 0.133. The molecule has 0 amide bonds. The molecule has 7 aromatic rings. The van der Waals surface area contributed by atoms with Crippen LogP contribution in [0.2, 0.25) is 0 Å². The predicted molar refractivity (Wildman–Crippen MR) is 221 cm³/mol. The Hall–Kier alpha value is -5.33. The third-order valence-electron chi connectivity index (χ3n) is 11.4. The van der Waals surface area contributed by atoms with Crippen LogP contribution in [0.25, 0.3) is 44.6 Å². The maximum atomic E-state index is 2.55. The summed E-state index contributed by atoms with van der Waals surface area (Å²) in [6, 6.07) is 45.8. The SMILES string of the molecule is Cc1cc(C)c(B2C(c3ccccc3)=Cc3c4cccc5c4c(c4cccc2c34)C=C(c2ccccc2)B5c2c(C)cc(C)cc2C)c(C)c1. The van der Waals surface area contributed by atoms with Gasteiger partial charge in [-0.25, -0.2) is 0 Å². The van der Waals surface area contributed by atoms with Crippen molar-refractivity contribution in [3.63, 3.8) is 0 Å². The number of fused-ring (bicyclic) bond motifs is 2. The van der Waals surface area contributed by atoms with Crippen molar-refractivity contribution in [2.75, 3.05) is 0 Å². The van der Waals surface area contributed by atoms with Crippen molar-refractivity contribution in [2.24, 2.45) is 0 Å². The summed E-state index contributed by atoms with van der Waals surface area (Å²) in [5.74, 6) is 0. The lowest BCUT2D eigenvalue weighted by Gasteiger charge is -2.33. The number of rotatable bonds is 4. The van der Waals surface area contributed by atoms with E-state index in [4.69, 9.17) is 0 Å². The second kappa shape index (κ2) is 11.6. The minimum Gasteiger partial charge on any atom is -0.0663 e. The second-order valence-electron chi connectivity index (χ2n) is 14.8. The molecule has 0 bridgehead atoms. The van der Waals surface area contributed by atoms with Crippen LogP contribution in [-0.2, 0) is 0 Å². The van der Waals surface area contributed by atoms with E-state index < -0.39 is 0 Å². The van der Waals surface area contributed by atoms with Crippen molar-refractivity contribution in [3.05, 3.63) is 177 Å². The van der Waals surface area contributed by atoms with Gasteiger partial charge in [0.25, 0.3) is 0 Å². The maximum absolute atomic E-state index is 2.55. The van der Waals surface area contributed by atoms with Gasteiger partial charge < -0.3 is 0 Å². The summed E-state index contributed by atoms with van der Waals surface area (Å²) in [5, 5.41) is 5.47. The van der Waals surface area contributed by atoms with E-state index in [9.17, 15) is 0 Å². The molecule has 0 fully saturated rings. The van der Waals surface area contributed by atoms with Crippen LogP contribution >= 0.6 is 0 Å². The van der Waals surface area contributed by atoms with Crippen molar-refractivity contribution < 1.29 is 0 Å². The standard InChI is InChI=1S/C48H40B2/c1-29-23-31(3)47(32(4)24-29)49-41-21-13-19-37-40-28-44(36-17-11-8-12-18-36)50(48-33(5)25-30(2)26-34(48)6)42-22-14-20-38(46(40)42)39(45(37)41)27-43(49)35-15-9-7-10-16-35/h7-28H,1-6H3. The number of aryl methyl sites for hydroxylation is 6. The molecular formula is C48H40B2. The summed E-state index contributed by atoms with van der Waals surface area (Å²) >= 11 is 0. The van der Waals surface area contributed by atoms with E-state index in [0.29, 0.717) is 0 Å². The molecule has 0 saturated carbocycles. The molecule has 0 saturated heterocycles. The van der Waals surface area contributed by atoms with Gasteiger partial charge in [0.1, 0.15) is 0 Å². The van der Waals surface area contributed by atoms with Crippen LogP contribution in [0.5, 0.6) is 0 Å². The summed E-state index contributed by atoms with van der Waals surface area (Å²) in [5.41, 5.74) is 21.8. The van der Waals surface area contributed by atoms with Crippen LogP contribution in [-0.4, -0.2) is 13.4 Å². The average molecular weight is 638 g/mol. The molecule has 2 aliphatic rings. The lowest BCUT2D eigenvalue weighted by molar-refractivity contribution is 1.35. The molecule has 7 aromatic carbocycles. The molecule has 2 aliphatic heterocycles. The van der Waals surface area contributed by atoms with Crippen molar-refractivity contribution >= 4 is 79.9 Å². The summed E-state index contributed by atoms with van der Waals surface area (Å²) in [6.45, 7) is 13.9. The van der Waals surface area contributed by atoms with Gasteiger partial charge >= 0.3 is 0 Å². The first kappa shape index (κ1) is 30.7. The Morgan fingerprint density at radius 1 is 0.380 bits per heavy atom. The van der Waals surface area contributed by atoms with Crippen LogP contribution < -0.4 is 21.9 Å². The van der Waals surface area contributed by atoms with Gasteiger partial charge in [0, 0.05) is 0 Å². The van der Waals surface area contributed by atoms with Crippen molar-refractivity contribution in [2.45, 2.75) is 41.5 Å². The number of hydrogen-bond donors (Lipinski definition) is 0. The highest BCUT2D eigenvalue weighted by molar-refractivity contribution is 7.04. The van der Waals surface area contributed by atoms with E-state index in [2.05, 4.69) is 175 Å². The monoisotopic (exact) mass is 638 g/mol. The average Bonchev–Trinajstić information content (AvgIpc) is 3.11. The third kappa shape index (κ3) is 4.62. The van der Waals surface area contributed by atoms with Crippen molar-refractivity contribution in [3.8, 4) is 0 Å². The molecule has 0 aromatic heterocycles. The fourth-order valence-electron chi connectivity index (χ4n) is 9.73. The zero-order valence-corrected chi connectivity index (χ0v) is 29.9. The van der Waals surface area contributed by atoms with Gasteiger partial charge in [0.05, 0.1) is 0 Å². The highest BCUT2D eigenvalue weighted by Crippen LogP contribution is 2.42. The second-order valence-corrected chi connectivity index (χ2v) is 14.8. The zero-order valence-electron chi connectivity index (χ0n) is 29.9. The molecule has 0 spiro atoms. The zero-order chi connectivity index (χ0) is 34.3. The molecule has 238 valence electrons. The van der Waals surface area contributed by atoms with E-state index in [1.807, 2.05) is 0 Å². The summed E-state index contributed by atoms with van der Waals surface area (Å²) in [4.78, 5) is 0. The minimum atomic E-state index is 0.133. The van der Waals surface area contributed by atoms with Crippen LogP contribution in [0.1, 0.15) is 55.6 Å². The van der Waals surface area contributed by atoms with E-state index in [1.54, 1.807) is 0 Å². The molecule has 2 heterocycles. The smallest absolute Gasteiger partial charge is 0.0663 e. The Labute approximate surface area is 297 Å². The first-order chi connectivity index (χ1) is 24.3. The molecule has 0 nitrogen and oxygen atoms in total. The van der Waals surface area contributed by atoms with Gasteiger partial charge in [0.15, 0.2) is 0 Å². The van der Waals surface area contributed by atoms with Gasteiger partial charge in [0.2, 0.25) is 13.4 Å². The Morgan fingerprint density at radius 2 is 0.740 bits per heavy atom. The Balaban J connectivity index is 1.43. The van der Waals surface area contributed by atoms with E-state index in [0.717, 1.165) is 0 Å². The van der Waals surface area contributed by atoms with Crippen molar-refractivity contribution in [1.82, 2.24) is 0 Å². The Morgan fingerprint density at radius 3 is 1.10 bits per heavy atom. The fraction of sp³-hybridized carbons (Fsp3) is 0.125. The molecule has 0 radical (unpaired) electrons. The Bertz CT molecular complexity index is 2360. The minimum absolute atomic E-state index is 0.133. The van der Waals surface area contributed by atoms with Crippen LogP contribution in [0.4, 0.5) is 0 Å². The molecule has 0 N–H and O–H groups in total. The first-order valence-electron chi connectivity index (χ1n) is 18.0. The largest absolute Gasteiger partial charge is 0.243 e.